The number of allylic oxidation sites excluding steroid dienone is 2. The van der Waals surface area contributed by atoms with Crippen molar-refractivity contribution in [1.82, 2.24) is 14.8 Å². The summed E-state index contributed by atoms with van der Waals surface area (Å²) in [6, 6.07) is 1.40. The molecule has 0 bridgehead atoms. The van der Waals surface area contributed by atoms with Gasteiger partial charge in [0.15, 0.2) is 12.5 Å². The van der Waals surface area contributed by atoms with Gasteiger partial charge in [0, 0.05) is 36.5 Å². The number of likely N-dealkylation sites (N-methyl/N-ethyl adjacent to an activating group) is 1. The first-order valence-electron chi connectivity index (χ1n) is 8.45. The van der Waals surface area contributed by atoms with E-state index in [1.54, 1.807) is 35.9 Å². The molecular formula is C18H21F3N4O2. The molecule has 0 saturated carbocycles. The number of nitrogens with zero attached hydrogens (tertiary/aromatic N) is 3. The Morgan fingerprint density at radius 2 is 2.07 bits per heavy atom. The first-order chi connectivity index (χ1) is 12.6. The lowest BCUT2D eigenvalue weighted by Crippen LogP contribution is -2.39. The van der Waals surface area contributed by atoms with Gasteiger partial charge in [-0.15, -0.1) is 0 Å². The highest BCUT2D eigenvalue weighted by molar-refractivity contribution is 5.99. The van der Waals surface area contributed by atoms with Crippen molar-refractivity contribution in [1.29, 1.82) is 0 Å². The van der Waals surface area contributed by atoms with Crippen LogP contribution in [0.1, 0.15) is 29.8 Å². The number of nitrogen functional groups attached to an aromatic ring is 1. The van der Waals surface area contributed by atoms with Crippen LogP contribution in [0.5, 0.6) is 0 Å². The number of alkyl halides is 3. The second kappa shape index (κ2) is 6.79. The molecule has 0 aromatic carbocycles. The van der Waals surface area contributed by atoms with Gasteiger partial charge >= 0.3 is 6.18 Å². The molecule has 1 atom stereocenters. The summed E-state index contributed by atoms with van der Waals surface area (Å²) in [4.78, 5) is 20.1. The predicted molar refractivity (Wildman–Crippen MR) is 93.4 cm³/mol. The van der Waals surface area contributed by atoms with Gasteiger partial charge in [-0.05, 0) is 25.5 Å². The number of fused-ring (bicyclic) bond motifs is 1. The maximum absolute atomic E-state index is 12.7. The molecule has 1 aromatic heterocycles. The zero-order chi connectivity index (χ0) is 19.9. The van der Waals surface area contributed by atoms with Gasteiger partial charge in [0.25, 0.3) is 5.91 Å². The molecule has 0 radical (unpaired) electrons. The minimum absolute atomic E-state index is 0.129. The lowest BCUT2D eigenvalue weighted by atomic mass is 10.0. The van der Waals surface area contributed by atoms with Gasteiger partial charge in [-0.25, -0.2) is 4.98 Å². The molecule has 1 unspecified atom stereocenters. The molecule has 0 spiro atoms. The molecule has 2 N–H and O–H groups in total. The van der Waals surface area contributed by atoms with Crippen molar-refractivity contribution in [3.8, 4) is 0 Å². The van der Waals surface area contributed by atoms with Crippen molar-refractivity contribution in [3.63, 3.8) is 0 Å². The van der Waals surface area contributed by atoms with Gasteiger partial charge in [0.05, 0.1) is 12.6 Å². The molecular weight excluding hydrogens is 361 g/mol. The van der Waals surface area contributed by atoms with E-state index < -0.39 is 12.8 Å². The predicted octanol–water partition coefficient (Wildman–Crippen LogP) is 2.69. The van der Waals surface area contributed by atoms with Crippen molar-refractivity contribution in [2.24, 2.45) is 0 Å². The number of ether oxygens (including phenoxy) is 1. The Hall–Kier alpha value is -2.71. The zero-order valence-corrected chi connectivity index (χ0v) is 15.3. The lowest BCUT2D eigenvalue weighted by Gasteiger charge is -2.34. The van der Waals surface area contributed by atoms with Crippen LogP contribution in [0.4, 0.5) is 19.0 Å². The number of rotatable bonds is 4. The van der Waals surface area contributed by atoms with Gasteiger partial charge < -0.3 is 20.3 Å². The largest absolute Gasteiger partial charge is 0.469 e. The normalized spacial score (nSPS) is 18.6. The smallest absolute Gasteiger partial charge is 0.422 e. The number of hydrogen-bond donors (Lipinski definition) is 1. The van der Waals surface area contributed by atoms with Crippen LogP contribution in [0, 0.1) is 0 Å². The third-order valence-electron chi connectivity index (χ3n) is 4.79. The maximum atomic E-state index is 12.7. The number of pyridine rings is 1. The minimum atomic E-state index is -4.40. The summed E-state index contributed by atoms with van der Waals surface area (Å²) < 4.78 is 42.3. The van der Waals surface area contributed by atoms with E-state index in [1.165, 1.54) is 6.20 Å². The second-order valence-corrected chi connectivity index (χ2v) is 6.80. The van der Waals surface area contributed by atoms with Crippen molar-refractivity contribution < 1.29 is 22.7 Å². The van der Waals surface area contributed by atoms with E-state index in [1.807, 2.05) is 6.92 Å². The van der Waals surface area contributed by atoms with Gasteiger partial charge in [-0.3, -0.25) is 4.79 Å². The molecule has 146 valence electrons. The first kappa shape index (κ1) is 19.1. The van der Waals surface area contributed by atoms with E-state index in [0.29, 0.717) is 35.6 Å². The Balaban J connectivity index is 1.80. The number of carbonyl (C=O) groups is 1. The lowest BCUT2D eigenvalue weighted by molar-refractivity contribution is -0.169. The summed E-state index contributed by atoms with van der Waals surface area (Å²) in [7, 11) is 1.66. The summed E-state index contributed by atoms with van der Waals surface area (Å²) in [6.07, 6.45) is -1.10. The van der Waals surface area contributed by atoms with Crippen LogP contribution in [-0.2, 0) is 11.3 Å². The van der Waals surface area contributed by atoms with E-state index in [-0.39, 0.29) is 17.8 Å². The van der Waals surface area contributed by atoms with E-state index in [2.05, 4.69) is 4.98 Å². The quantitative estimate of drug-likeness (QED) is 0.867. The molecule has 3 rings (SSSR count). The zero-order valence-electron chi connectivity index (χ0n) is 15.3. The van der Waals surface area contributed by atoms with Crippen LogP contribution in [0.15, 0.2) is 35.4 Å². The molecule has 0 aliphatic carbocycles. The number of aromatic nitrogens is 1. The van der Waals surface area contributed by atoms with Gasteiger partial charge in [-0.1, -0.05) is 6.08 Å². The average Bonchev–Trinajstić information content (AvgIpc) is 2.91. The third-order valence-corrected chi connectivity index (χ3v) is 4.79. The molecule has 0 fully saturated rings. The molecule has 6 nitrogen and oxygen atoms in total. The summed E-state index contributed by atoms with van der Waals surface area (Å²) in [5.74, 6) is 0.396. The fraction of sp³-hybridized carbons (Fsp3) is 0.444. The van der Waals surface area contributed by atoms with Crippen LogP contribution in [0.2, 0.25) is 0 Å². The molecule has 0 saturated heterocycles. The monoisotopic (exact) mass is 382 g/mol. The van der Waals surface area contributed by atoms with Crippen LogP contribution in [-0.4, -0.2) is 53.1 Å². The van der Waals surface area contributed by atoms with Crippen LogP contribution < -0.4 is 5.73 Å². The Bertz CT molecular complexity index is 832. The Kier molecular flexibility index (Phi) is 4.79. The number of carbonyl (C=O) groups excluding carboxylic acids is 1. The van der Waals surface area contributed by atoms with Crippen molar-refractivity contribution >= 4 is 11.7 Å². The molecule has 9 heteroatoms. The SMILES string of the molecule is CC1=C(OCC(F)(F)F)N(C)CC(C(C)N2Cc3c(ccnc3N)C2=O)=C1. The molecule has 3 heterocycles. The molecule has 1 amide bonds. The molecule has 1 aromatic rings. The highest BCUT2D eigenvalue weighted by atomic mass is 19.4. The number of amides is 1. The van der Waals surface area contributed by atoms with Gasteiger partial charge in [0.2, 0.25) is 0 Å². The first-order valence-corrected chi connectivity index (χ1v) is 8.45. The number of nitrogens with two attached hydrogens (primary N) is 1. The highest BCUT2D eigenvalue weighted by Crippen LogP contribution is 2.32. The second-order valence-electron chi connectivity index (χ2n) is 6.80. The maximum Gasteiger partial charge on any atom is 0.422 e. The van der Waals surface area contributed by atoms with Crippen molar-refractivity contribution in [3.05, 3.63) is 46.5 Å². The van der Waals surface area contributed by atoms with Crippen molar-refractivity contribution in [2.45, 2.75) is 32.6 Å². The van der Waals surface area contributed by atoms with Gasteiger partial charge in [-0.2, -0.15) is 13.2 Å². The fourth-order valence-electron chi connectivity index (χ4n) is 3.44. The van der Waals surface area contributed by atoms with E-state index in [4.69, 9.17) is 10.5 Å². The summed E-state index contributed by atoms with van der Waals surface area (Å²) in [5, 5.41) is 0. The van der Waals surface area contributed by atoms with Crippen LogP contribution in [0.3, 0.4) is 0 Å². The third kappa shape index (κ3) is 3.72. The molecule has 2 aliphatic heterocycles. The summed E-state index contributed by atoms with van der Waals surface area (Å²) in [6.45, 7) is 2.96. The number of hydrogen-bond acceptors (Lipinski definition) is 5. The van der Waals surface area contributed by atoms with Crippen LogP contribution in [0.25, 0.3) is 0 Å². The minimum Gasteiger partial charge on any atom is -0.469 e. The highest BCUT2D eigenvalue weighted by Gasteiger charge is 2.35. The van der Waals surface area contributed by atoms with Crippen molar-refractivity contribution in [2.75, 3.05) is 25.9 Å². The average molecular weight is 382 g/mol. The van der Waals surface area contributed by atoms with Crippen LogP contribution >= 0.6 is 0 Å². The standard InChI is InChI=1S/C18H21F3N4O2/c1-10-6-12(7-24(3)17(10)27-9-18(19,20)21)11(2)25-8-14-13(16(25)26)4-5-23-15(14)22/h4-6,11H,7-9H2,1-3H3,(H2,22,23). The summed E-state index contributed by atoms with van der Waals surface area (Å²) >= 11 is 0. The van der Waals surface area contributed by atoms with Gasteiger partial charge in [0.1, 0.15) is 5.82 Å². The molecule has 2 aliphatic rings. The fourth-order valence-corrected chi connectivity index (χ4v) is 3.44. The topological polar surface area (TPSA) is 71.7 Å². The number of anilines is 1. The van der Waals surface area contributed by atoms with E-state index in [9.17, 15) is 18.0 Å². The van der Waals surface area contributed by atoms with E-state index >= 15 is 0 Å². The Morgan fingerprint density at radius 3 is 2.67 bits per heavy atom. The molecule has 27 heavy (non-hydrogen) atoms. The van der Waals surface area contributed by atoms with E-state index in [0.717, 1.165) is 5.57 Å². The Morgan fingerprint density at radius 1 is 1.37 bits per heavy atom. The number of halogens is 3. The summed E-state index contributed by atoms with van der Waals surface area (Å²) in [5.41, 5.74) is 8.62. The Labute approximate surface area is 155 Å².